The van der Waals surface area contributed by atoms with E-state index in [2.05, 4.69) is 21.2 Å². The van der Waals surface area contributed by atoms with E-state index >= 15 is 0 Å². The molecule has 0 radical (unpaired) electrons. The number of methoxy groups -OCH3 is 1. The van der Waals surface area contributed by atoms with Gasteiger partial charge in [-0.2, -0.15) is 0 Å². The summed E-state index contributed by atoms with van der Waals surface area (Å²) in [5.74, 6) is -0.974. The highest BCUT2D eigenvalue weighted by molar-refractivity contribution is 9.10. The Morgan fingerprint density at radius 2 is 2.10 bits per heavy atom. The minimum absolute atomic E-state index is 0.160. The molecule has 0 saturated carbocycles. The molecule has 0 amide bonds. The Bertz CT molecular complexity index is 666. The lowest BCUT2D eigenvalue weighted by Crippen LogP contribution is -2.22. The number of anilines is 1. The molecule has 0 spiro atoms. The third-order valence-electron chi connectivity index (χ3n) is 2.85. The van der Waals surface area contributed by atoms with Crippen LogP contribution in [0.5, 0.6) is 0 Å². The van der Waals surface area contributed by atoms with Crippen LogP contribution in [0.25, 0.3) is 0 Å². The Labute approximate surface area is 135 Å². The van der Waals surface area contributed by atoms with Crippen molar-refractivity contribution >= 4 is 39.2 Å². The second kappa shape index (κ2) is 6.91. The highest BCUT2D eigenvalue weighted by atomic mass is 79.9. The molecule has 0 aliphatic heterocycles. The number of halogens is 3. The molecule has 1 atom stereocenters. The maximum Gasteiger partial charge on any atom is 0.333 e. The van der Waals surface area contributed by atoms with Crippen LogP contribution in [-0.2, 0) is 9.53 Å². The molecule has 3 nitrogen and oxygen atoms in total. The van der Waals surface area contributed by atoms with Gasteiger partial charge in [0.25, 0.3) is 0 Å². The molecule has 2 rings (SSSR count). The van der Waals surface area contributed by atoms with Gasteiger partial charge in [0.1, 0.15) is 5.82 Å². The Kier molecular flexibility index (Phi) is 5.20. The van der Waals surface area contributed by atoms with E-state index in [1.165, 1.54) is 19.2 Å². The van der Waals surface area contributed by atoms with Crippen molar-refractivity contribution in [3.8, 4) is 0 Å². The summed E-state index contributed by atoms with van der Waals surface area (Å²) in [4.78, 5) is 12.0. The van der Waals surface area contributed by atoms with Gasteiger partial charge in [0.2, 0.25) is 0 Å². The highest BCUT2D eigenvalue weighted by Crippen LogP contribution is 2.28. The van der Waals surface area contributed by atoms with Crippen LogP contribution < -0.4 is 5.32 Å². The summed E-state index contributed by atoms with van der Waals surface area (Å²) in [7, 11) is 1.29. The average molecular weight is 373 g/mol. The highest BCUT2D eigenvalue weighted by Gasteiger charge is 2.24. The quantitative estimate of drug-likeness (QED) is 0.799. The summed E-state index contributed by atoms with van der Waals surface area (Å²) in [6.45, 7) is 0. The summed E-state index contributed by atoms with van der Waals surface area (Å²) in [6.07, 6.45) is 0. The van der Waals surface area contributed by atoms with Crippen molar-refractivity contribution in [1.29, 1.82) is 0 Å². The van der Waals surface area contributed by atoms with Crippen molar-refractivity contribution in [2.24, 2.45) is 0 Å². The normalized spacial score (nSPS) is 11.8. The van der Waals surface area contributed by atoms with E-state index in [-0.39, 0.29) is 5.02 Å². The Morgan fingerprint density at radius 3 is 2.71 bits per heavy atom. The van der Waals surface area contributed by atoms with Gasteiger partial charge in [-0.1, -0.05) is 39.7 Å². The maximum absolute atomic E-state index is 13.1. The van der Waals surface area contributed by atoms with Gasteiger partial charge < -0.3 is 10.1 Å². The molecule has 0 bridgehead atoms. The van der Waals surface area contributed by atoms with Crippen LogP contribution in [0.3, 0.4) is 0 Å². The van der Waals surface area contributed by atoms with E-state index in [0.29, 0.717) is 11.3 Å². The lowest BCUT2D eigenvalue weighted by Gasteiger charge is -2.19. The van der Waals surface area contributed by atoms with E-state index in [4.69, 9.17) is 16.3 Å². The predicted octanol–water partition coefficient (Wildman–Crippen LogP) is 4.57. The number of ether oxygens (including phenoxy) is 1. The molecule has 2 aromatic carbocycles. The smallest absolute Gasteiger partial charge is 0.333 e. The molecular weight excluding hydrogens is 361 g/mol. The van der Waals surface area contributed by atoms with E-state index in [1.54, 1.807) is 6.07 Å². The van der Waals surface area contributed by atoms with Crippen LogP contribution in [0.15, 0.2) is 46.9 Å². The largest absolute Gasteiger partial charge is 0.467 e. The maximum atomic E-state index is 13.1. The fourth-order valence-electron chi connectivity index (χ4n) is 1.86. The third-order valence-corrected chi connectivity index (χ3v) is 3.67. The van der Waals surface area contributed by atoms with Gasteiger partial charge in [-0.05, 0) is 30.3 Å². The molecule has 2 aromatic rings. The Hall–Kier alpha value is -1.59. The van der Waals surface area contributed by atoms with Gasteiger partial charge in [0.15, 0.2) is 6.04 Å². The number of carbonyl (C=O) groups excluding carboxylic acids is 1. The van der Waals surface area contributed by atoms with Crippen LogP contribution in [0, 0.1) is 5.82 Å². The Balaban J connectivity index is 2.37. The van der Waals surface area contributed by atoms with Gasteiger partial charge >= 0.3 is 5.97 Å². The number of hydrogen-bond donors (Lipinski definition) is 1. The van der Waals surface area contributed by atoms with Crippen LogP contribution in [0.4, 0.5) is 10.1 Å². The van der Waals surface area contributed by atoms with Crippen molar-refractivity contribution in [1.82, 2.24) is 0 Å². The third kappa shape index (κ3) is 3.95. The number of esters is 1. The van der Waals surface area contributed by atoms with Crippen molar-refractivity contribution in [3.05, 3.63) is 63.3 Å². The predicted molar refractivity (Wildman–Crippen MR) is 83.9 cm³/mol. The zero-order valence-corrected chi connectivity index (χ0v) is 13.4. The zero-order valence-electron chi connectivity index (χ0n) is 11.1. The van der Waals surface area contributed by atoms with Crippen LogP contribution in [0.2, 0.25) is 5.02 Å². The molecule has 1 unspecified atom stereocenters. The SMILES string of the molecule is COC(=O)C(Nc1cccc(Br)c1)c1ccc(F)cc1Cl. The summed E-state index contributed by atoms with van der Waals surface area (Å²) >= 11 is 9.38. The second-order valence-electron chi connectivity index (χ2n) is 4.28. The van der Waals surface area contributed by atoms with Crippen molar-refractivity contribution in [2.45, 2.75) is 6.04 Å². The number of benzene rings is 2. The van der Waals surface area contributed by atoms with Crippen molar-refractivity contribution in [3.63, 3.8) is 0 Å². The summed E-state index contributed by atoms with van der Waals surface area (Å²) in [5, 5.41) is 3.20. The fourth-order valence-corrected chi connectivity index (χ4v) is 2.54. The number of hydrogen-bond acceptors (Lipinski definition) is 3. The number of carbonyl (C=O) groups is 1. The monoisotopic (exact) mass is 371 g/mol. The molecular formula is C15H12BrClFNO2. The molecule has 0 aromatic heterocycles. The van der Waals surface area contributed by atoms with Gasteiger partial charge in [-0.15, -0.1) is 0 Å². The van der Waals surface area contributed by atoms with Gasteiger partial charge in [0.05, 0.1) is 7.11 Å². The molecule has 0 saturated heterocycles. The molecule has 1 N–H and O–H groups in total. The first-order chi connectivity index (χ1) is 10.0. The fraction of sp³-hybridized carbons (Fsp3) is 0.133. The molecule has 21 heavy (non-hydrogen) atoms. The molecule has 0 heterocycles. The summed E-state index contributed by atoms with van der Waals surface area (Å²) in [6, 6.07) is 10.4. The van der Waals surface area contributed by atoms with Gasteiger partial charge in [-0.25, -0.2) is 9.18 Å². The summed E-state index contributed by atoms with van der Waals surface area (Å²) in [5.41, 5.74) is 1.16. The second-order valence-corrected chi connectivity index (χ2v) is 5.60. The first kappa shape index (κ1) is 15.8. The first-order valence-electron chi connectivity index (χ1n) is 6.06. The number of nitrogens with one attached hydrogen (secondary N) is 1. The molecule has 110 valence electrons. The van der Waals surface area contributed by atoms with Crippen LogP contribution in [-0.4, -0.2) is 13.1 Å². The first-order valence-corrected chi connectivity index (χ1v) is 7.23. The molecule has 6 heteroatoms. The number of rotatable bonds is 4. The lowest BCUT2D eigenvalue weighted by molar-refractivity contribution is -0.141. The van der Waals surface area contributed by atoms with E-state index in [1.807, 2.05) is 18.2 Å². The van der Waals surface area contributed by atoms with Crippen molar-refractivity contribution in [2.75, 3.05) is 12.4 Å². The molecule has 0 fully saturated rings. The minimum Gasteiger partial charge on any atom is -0.467 e. The van der Waals surface area contributed by atoms with Gasteiger partial charge in [0, 0.05) is 20.7 Å². The van der Waals surface area contributed by atoms with Crippen molar-refractivity contribution < 1.29 is 13.9 Å². The van der Waals surface area contributed by atoms with E-state index in [0.717, 1.165) is 10.5 Å². The topological polar surface area (TPSA) is 38.3 Å². The lowest BCUT2D eigenvalue weighted by atomic mass is 10.1. The average Bonchev–Trinajstić information content (AvgIpc) is 2.45. The summed E-state index contributed by atoms with van der Waals surface area (Å²) < 4.78 is 18.8. The van der Waals surface area contributed by atoms with E-state index in [9.17, 15) is 9.18 Å². The molecule has 0 aliphatic carbocycles. The Morgan fingerprint density at radius 1 is 1.33 bits per heavy atom. The van der Waals surface area contributed by atoms with E-state index < -0.39 is 17.8 Å². The van der Waals surface area contributed by atoms with Crippen LogP contribution >= 0.6 is 27.5 Å². The minimum atomic E-state index is -0.822. The molecule has 0 aliphatic rings. The van der Waals surface area contributed by atoms with Gasteiger partial charge in [-0.3, -0.25) is 0 Å². The van der Waals surface area contributed by atoms with Crippen LogP contribution in [0.1, 0.15) is 11.6 Å². The zero-order chi connectivity index (χ0) is 15.4. The standard InChI is InChI=1S/C15H12BrClFNO2/c1-21-15(20)14(12-6-5-10(18)8-13(12)17)19-11-4-2-3-9(16)7-11/h2-8,14,19H,1H3.